The second kappa shape index (κ2) is 5.31. The van der Waals surface area contributed by atoms with Crippen LogP contribution in [0, 0.1) is 0 Å². The van der Waals surface area contributed by atoms with E-state index in [2.05, 4.69) is 11.6 Å². The molecule has 0 spiro atoms. The van der Waals surface area contributed by atoms with E-state index in [0.717, 1.165) is 5.56 Å². The minimum absolute atomic E-state index is 0.235. The topological polar surface area (TPSA) is 55.1 Å². The van der Waals surface area contributed by atoms with E-state index >= 15 is 0 Å². The molecule has 4 heteroatoms. The van der Waals surface area contributed by atoms with Crippen LogP contribution in [0.3, 0.4) is 0 Å². The highest BCUT2D eigenvalue weighted by Crippen LogP contribution is 2.13. The lowest BCUT2D eigenvalue weighted by Gasteiger charge is -2.03. The van der Waals surface area contributed by atoms with Gasteiger partial charge in [-0.1, -0.05) is 36.4 Å². The zero-order chi connectivity index (χ0) is 13.0. The molecule has 0 saturated heterocycles. The van der Waals surface area contributed by atoms with Gasteiger partial charge in [0.15, 0.2) is 5.69 Å². The zero-order valence-electron chi connectivity index (χ0n) is 9.91. The lowest BCUT2D eigenvalue weighted by Crippen LogP contribution is -2.09. The summed E-state index contributed by atoms with van der Waals surface area (Å²) in [5, 5.41) is 9.24. The average Bonchev–Trinajstić information content (AvgIpc) is 2.74. The first-order chi connectivity index (χ1) is 8.72. The van der Waals surface area contributed by atoms with E-state index in [1.165, 1.54) is 0 Å². The molecular weight excluding hydrogens is 228 g/mol. The van der Waals surface area contributed by atoms with Crippen LogP contribution in [0.15, 0.2) is 49.3 Å². The number of rotatable bonds is 5. The summed E-state index contributed by atoms with van der Waals surface area (Å²) < 4.78 is 1.59. The molecular formula is C14H14N2O2. The van der Waals surface area contributed by atoms with Crippen molar-refractivity contribution >= 4 is 5.97 Å². The monoisotopic (exact) mass is 242 g/mol. The lowest BCUT2D eigenvalue weighted by molar-refractivity contribution is 0.0684. The predicted octanol–water partition coefficient (Wildman–Crippen LogP) is 2.36. The summed E-state index contributed by atoms with van der Waals surface area (Å²) in [4.78, 5) is 15.5. The van der Waals surface area contributed by atoms with Gasteiger partial charge in [-0.05, 0) is 5.56 Å². The number of carboxylic acids is 1. The Morgan fingerprint density at radius 3 is 2.72 bits per heavy atom. The highest BCUT2D eigenvalue weighted by Gasteiger charge is 2.17. The third-order valence-corrected chi connectivity index (χ3v) is 2.66. The number of aromatic nitrogens is 2. The molecule has 1 heterocycles. The lowest BCUT2D eigenvalue weighted by atomic mass is 10.1. The van der Waals surface area contributed by atoms with Gasteiger partial charge in [-0.2, -0.15) is 0 Å². The van der Waals surface area contributed by atoms with Crippen molar-refractivity contribution in [3.05, 3.63) is 66.3 Å². The number of benzene rings is 1. The SMILES string of the molecule is C=CCn1cnc(Cc2ccccc2)c1C(=O)O. The molecule has 2 rings (SSSR count). The van der Waals surface area contributed by atoms with Gasteiger partial charge in [0.25, 0.3) is 0 Å². The largest absolute Gasteiger partial charge is 0.477 e. The molecule has 18 heavy (non-hydrogen) atoms. The molecule has 0 atom stereocenters. The van der Waals surface area contributed by atoms with Gasteiger partial charge in [-0.3, -0.25) is 0 Å². The summed E-state index contributed by atoms with van der Waals surface area (Å²) in [6.45, 7) is 4.06. The Morgan fingerprint density at radius 1 is 1.39 bits per heavy atom. The van der Waals surface area contributed by atoms with Crippen LogP contribution in [0.5, 0.6) is 0 Å². The fourth-order valence-corrected chi connectivity index (χ4v) is 1.87. The molecule has 0 aliphatic carbocycles. The molecule has 0 bridgehead atoms. The van der Waals surface area contributed by atoms with Crippen LogP contribution in [0.1, 0.15) is 21.7 Å². The molecule has 0 unspecified atom stereocenters. The molecule has 1 aromatic carbocycles. The van der Waals surface area contributed by atoms with Crippen LogP contribution in [-0.2, 0) is 13.0 Å². The Balaban J connectivity index is 2.33. The maximum atomic E-state index is 11.3. The van der Waals surface area contributed by atoms with E-state index < -0.39 is 5.97 Å². The first kappa shape index (κ1) is 12.1. The molecule has 92 valence electrons. The molecule has 0 saturated carbocycles. The maximum absolute atomic E-state index is 11.3. The van der Waals surface area contributed by atoms with Crippen LogP contribution in [0.4, 0.5) is 0 Å². The first-order valence-electron chi connectivity index (χ1n) is 5.64. The summed E-state index contributed by atoms with van der Waals surface area (Å²) in [6, 6.07) is 9.70. The molecule has 2 aromatic rings. The van der Waals surface area contributed by atoms with Crippen molar-refractivity contribution in [1.29, 1.82) is 0 Å². The van der Waals surface area contributed by atoms with Gasteiger partial charge in [-0.15, -0.1) is 6.58 Å². The molecule has 0 amide bonds. The number of allylic oxidation sites excluding steroid dienone is 1. The fraction of sp³-hybridized carbons (Fsp3) is 0.143. The van der Waals surface area contributed by atoms with Gasteiger partial charge in [0, 0.05) is 13.0 Å². The summed E-state index contributed by atoms with van der Waals surface area (Å²) in [6.07, 6.45) is 3.72. The maximum Gasteiger partial charge on any atom is 0.354 e. The van der Waals surface area contributed by atoms with E-state index in [9.17, 15) is 9.90 Å². The predicted molar refractivity (Wildman–Crippen MR) is 68.6 cm³/mol. The summed E-state index contributed by atoms with van der Waals surface area (Å²) in [5.41, 5.74) is 1.86. The normalized spacial score (nSPS) is 10.2. The van der Waals surface area contributed by atoms with Crippen molar-refractivity contribution in [3.8, 4) is 0 Å². The van der Waals surface area contributed by atoms with Gasteiger partial charge in [0.1, 0.15) is 0 Å². The number of imidazole rings is 1. The third-order valence-electron chi connectivity index (χ3n) is 2.66. The standard InChI is InChI=1S/C14H14N2O2/c1-2-8-16-10-15-12(13(16)14(17)18)9-11-6-4-3-5-7-11/h2-7,10H,1,8-9H2,(H,17,18). The Labute approximate surface area is 105 Å². The number of nitrogens with zero attached hydrogens (tertiary/aromatic N) is 2. The number of aromatic carboxylic acids is 1. The van der Waals surface area contributed by atoms with Crippen molar-refractivity contribution in [2.24, 2.45) is 0 Å². The Morgan fingerprint density at radius 2 is 2.11 bits per heavy atom. The second-order valence-electron chi connectivity index (χ2n) is 3.95. The molecule has 0 fully saturated rings. The quantitative estimate of drug-likeness (QED) is 0.819. The molecule has 0 aliphatic rings. The molecule has 1 aromatic heterocycles. The minimum atomic E-state index is -0.958. The van der Waals surface area contributed by atoms with Crippen molar-refractivity contribution in [3.63, 3.8) is 0 Å². The highest BCUT2D eigenvalue weighted by atomic mass is 16.4. The summed E-state index contributed by atoms with van der Waals surface area (Å²) >= 11 is 0. The van der Waals surface area contributed by atoms with Crippen LogP contribution in [-0.4, -0.2) is 20.6 Å². The minimum Gasteiger partial charge on any atom is -0.477 e. The summed E-state index contributed by atoms with van der Waals surface area (Å²) in [7, 11) is 0. The van der Waals surface area contributed by atoms with Gasteiger partial charge >= 0.3 is 5.97 Å². The Bertz CT molecular complexity index is 558. The molecule has 4 nitrogen and oxygen atoms in total. The first-order valence-corrected chi connectivity index (χ1v) is 5.64. The van der Waals surface area contributed by atoms with Crippen molar-refractivity contribution in [1.82, 2.24) is 9.55 Å². The zero-order valence-corrected chi connectivity index (χ0v) is 9.91. The van der Waals surface area contributed by atoms with Gasteiger partial charge in [0.2, 0.25) is 0 Å². The Kier molecular flexibility index (Phi) is 3.57. The van der Waals surface area contributed by atoms with Gasteiger partial charge in [0.05, 0.1) is 12.0 Å². The smallest absolute Gasteiger partial charge is 0.354 e. The van der Waals surface area contributed by atoms with E-state index in [0.29, 0.717) is 18.7 Å². The van der Waals surface area contributed by atoms with E-state index in [-0.39, 0.29) is 5.69 Å². The fourth-order valence-electron chi connectivity index (χ4n) is 1.87. The molecule has 0 radical (unpaired) electrons. The number of hydrogen-bond acceptors (Lipinski definition) is 2. The Hall–Kier alpha value is -2.36. The van der Waals surface area contributed by atoms with Crippen LogP contribution >= 0.6 is 0 Å². The van der Waals surface area contributed by atoms with E-state index in [1.807, 2.05) is 30.3 Å². The van der Waals surface area contributed by atoms with Crippen LogP contribution < -0.4 is 0 Å². The number of carbonyl (C=O) groups is 1. The molecule has 1 N–H and O–H groups in total. The van der Waals surface area contributed by atoms with Crippen LogP contribution in [0.25, 0.3) is 0 Å². The van der Waals surface area contributed by atoms with Crippen molar-refractivity contribution in [2.75, 3.05) is 0 Å². The van der Waals surface area contributed by atoms with Crippen molar-refractivity contribution < 1.29 is 9.90 Å². The van der Waals surface area contributed by atoms with Gasteiger partial charge in [-0.25, -0.2) is 9.78 Å². The number of carboxylic acid groups (broad SMARTS) is 1. The van der Waals surface area contributed by atoms with Crippen LogP contribution in [0.2, 0.25) is 0 Å². The van der Waals surface area contributed by atoms with Gasteiger partial charge < -0.3 is 9.67 Å². The number of hydrogen-bond donors (Lipinski definition) is 1. The second-order valence-corrected chi connectivity index (χ2v) is 3.95. The third kappa shape index (κ3) is 2.48. The van der Waals surface area contributed by atoms with E-state index in [1.54, 1.807) is 17.0 Å². The highest BCUT2D eigenvalue weighted by molar-refractivity contribution is 5.87. The average molecular weight is 242 g/mol. The van der Waals surface area contributed by atoms with Crippen molar-refractivity contribution in [2.45, 2.75) is 13.0 Å². The summed E-state index contributed by atoms with van der Waals surface area (Å²) in [5.74, 6) is -0.958. The molecule has 0 aliphatic heterocycles. The van der Waals surface area contributed by atoms with E-state index in [4.69, 9.17) is 0 Å².